The first-order chi connectivity index (χ1) is 9.22. The van der Waals surface area contributed by atoms with Crippen molar-refractivity contribution in [3.63, 3.8) is 0 Å². The van der Waals surface area contributed by atoms with E-state index in [9.17, 15) is 8.78 Å². The maximum absolute atomic E-state index is 13.2. The van der Waals surface area contributed by atoms with Gasteiger partial charge in [0.2, 0.25) is 0 Å². The van der Waals surface area contributed by atoms with Crippen molar-refractivity contribution in [3.05, 3.63) is 35.7 Å². The van der Waals surface area contributed by atoms with Crippen molar-refractivity contribution >= 4 is 0 Å². The van der Waals surface area contributed by atoms with E-state index < -0.39 is 11.6 Å². The summed E-state index contributed by atoms with van der Waals surface area (Å²) < 4.78 is 26.3. The average molecular weight is 263 g/mol. The number of aromatic amines is 1. The first kappa shape index (κ1) is 12.3. The highest BCUT2D eigenvalue weighted by molar-refractivity contribution is 5.54. The molecule has 0 unspecified atom stereocenters. The topological polar surface area (TPSA) is 41.6 Å². The smallest absolute Gasteiger partial charge is 0.181 e. The lowest BCUT2D eigenvalue weighted by molar-refractivity contribution is 0.429. The Morgan fingerprint density at radius 1 is 1.00 bits per heavy atom. The minimum absolute atomic E-state index is 0.360. The molecule has 5 heteroatoms. The van der Waals surface area contributed by atoms with E-state index in [-0.39, 0.29) is 0 Å². The number of nitrogens with zero attached hydrogens (tertiary/aromatic N) is 2. The lowest BCUT2D eigenvalue weighted by Crippen LogP contribution is -2.06. The first-order valence-electron chi connectivity index (χ1n) is 6.61. The van der Waals surface area contributed by atoms with Crippen LogP contribution in [-0.4, -0.2) is 15.2 Å². The highest BCUT2D eigenvalue weighted by Gasteiger charge is 2.19. The van der Waals surface area contributed by atoms with Gasteiger partial charge in [0.1, 0.15) is 17.5 Å². The van der Waals surface area contributed by atoms with Crippen molar-refractivity contribution < 1.29 is 8.78 Å². The van der Waals surface area contributed by atoms with Gasteiger partial charge in [-0.25, -0.2) is 13.8 Å². The molecule has 0 spiro atoms. The zero-order valence-electron chi connectivity index (χ0n) is 10.5. The van der Waals surface area contributed by atoms with Gasteiger partial charge in [-0.1, -0.05) is 19.3 Å². The number of hydrogen-bond donors (Lipinski definition) is 1. The SMILES string of the molecule is Fc1cc(F)cc(-c2n[nH]c(C3CCCCC3)n2)c1. The Balaban J connectivity index is 1.87. The van der Waals surface area contributed by atoms with E-state index in [1.165, 1.54) is 31.4 Å². The molecule has 0 aliphatic heterocycles. The predicted molar refractivity (Wildman–Crippen MR) is 67.6 cm³/mol. The highest BCUT2D eigenvalue weighted by Crippen LogP contribution is 2.31. The fourth-order valence-corrected chi connectivity index (χ4v) is 2.64. The Morgan fingerprint density at radius 2 is 1.68 bits per heavy atom. The van der Waals surface area contributed by atoms with Crippen LogP contribution < -0.4 is 0 Å². The Labute approximate surface area is 110 Å². The monoisotopic (exact) mass is 263 g/mol. The third-order valence-corrected chi connectivity index (χ3v) is 3.62. The van der Waals surface area contributed by atoms with Gasteiger partial charge in [0.15, 0.2) is 5.82 Å². The van der Waals surface area contributed by atoms with Crippen LogP contribution in [0.25, 0.3) is 11.4 Å². The van der Waals surface area contributed by atoms with E-state index >= 15 is 0 Å². The molecule has 1 saturated carbocycles. The summed E-state index contributed by atoms with van der Waals surface area (Å²) in [5.74, 6) is 0.366. The average Bonchev–Trinajstić information content (AvgIpc) is 2.88. The molecular weight excluding hydrogens is 248 g/mol. The van der Waals surface area contributed by atoms with E-state index in [0.717, 1.165) is 24.7 Å². The minimum Gasteiger partial charge on any atom is -0.262 e. The zero-order valence-corrected chi connectivity index (χ0v) is 10.5. The lowest BCUT2D eigenvalue weighted by Gasteiger charge is -2.18. The van der Waals surface area contributed by atoms with Crippen LogP contribution >= 0.6 is 0 Å². The number of benzene rings is 1. The highest BCUT2D eigenvalue weighted by atomic mass is 19.1. The number of aromatic nitrogens is 3. The molecule has 19 heavy (non-hydrogen) atoms. The van der Waals surface area contributed by atoms with Crippen LogP contribution in [0.3, 0.4) is 0 Å². The van der Waals surface area contributed by atoms with Crippen molar-refractivity contribution in [2.75, 3.05) is 0 Å². The van der Waals surface area contributed by atoms with Crippen LogP contribution in [0, 0.1) is 11.6 Å². The van der Waals surface area contributed by atoms with Crippen molar-refractivity contribution in [3.8, 4) is 11.4 Å². The summed E-state index contributed by atoms with van der Waals surface area (Å²) in [6.45, 7) is 0. The Morgan fingerprint density at radius 3 is 2.37 bits per heavy atom. The van der Waals surface area contributed by atoms with E-state index in [1.54, 1.807) is 0 Å². The molecule has 1 aromatic heterocycles. The second kappa shape index (κ2) is 5.07. The second-order valence-electron chi connectivity index (χ2n) is 5.04. The molecule has 1 aliphatic rings. The standard InChI is InChI=1S/C14H15F2N3/c15-11-6-10(7-12(16)8-11)14-17-13(18-19-14)9-4-2-1-3-5-9/h6-9H,1-5H2,(H,17,18,19). The van der Waals surface area contributed by atoms with Gasteiger partial charge in [0.05, 0.1) is 0 Å². The molecule has 3 nitrogen and oxygen atoms in total. The van der Waals surface area contributed by atoms with Gasteiger partial charge in [-0.05, 0) is 25.0 Å². The largest absolute Gasteiger partial charge is 0.262 e. The summed E-state index contributed by atoms with van der Waals surface area (Å²) in [5, 5.41) is 6.98. The van der Waals surface area contributed by atoms with Gasteiger partial charge in [-0.2, -0.15) is 5.10 Å². The zero-order chi connectivity index (χ0) is 13.2. The molecule has 3 rings (SSSR count). The van der Waals surface area contributed by atoms with Crippen molar-refractivity contribution in [2.45, 2.75) is 38.0 Å². The molecule has 0 amide bonds. The fourth-order valence-electron chi connectivity index (χ4n) is 2.64. The van der Waals surface area contributed by atoms with Gasteiger partial charge >= 0.3 is 0 Å². The van der Waals surface area contributed by atoms with Crippen molar-refractivity contribution in [1.29, 1.82) is 0 Å². The van der Waals surface area contributed by atoms with E-state index in [1.807, 2.05) is 0 Å². The van der Waals surface area contributed by atoms with Crippen LogP contribution in [-0.2, 0) is 0 Å². The third kappa shape index (κ3) is 2.64. The number of rotatable bonds is 2. The van der Waals surface area contributed by atoms with E-state index in [0.29, 0.717) is 17.3 Å². The molecule has 2 aromatic rings. The summed E-state index contributed by atoms with van der Waals surface area (Å²) in [7, 11) is 0. The number of nitrogens with one attached hydrogen (secondary N) is 1. The molecule has 0 radical (unpaired) electrons. The van der Waals surface area contributed by atoms with Crippen molar-refractivity contribution in [1.82, 2.24) is 15.2 Å². The molecule has 100 valence electrons. The summed E-state index contributed by atoms with van der Waals surface area (Å²) in [6, 6.07) is 3.34. The number of halogens is 2. The number of H-pyrrole nitrogens is 1. The minimum atomic E-state index is -0.612. The quantitative estimate of drug-likeness (QED) is 0.895. The molecule has 1 aliphatic carbocycles. The summed E-state index contributed by atoms with van der Waals surface area (Å²) >= 11 is 0. The van der Waals surface area contributed by atoms with E-state index in [2.05, 4.69) is 15.2 Å². The molecule has 0 atom stereocenters. The second-order valence-corrected chi connectivity index (χ2v) is 5.04. The summed E-state index contributed by atoms with van der Waals surface area (Å²) in [4.78, 5) is 4.39. The van der Waals surface area contributed by atoms with Gasteiger partial charge in [-0.15, -0.1) is 0 Å². The van der Waals surface area contributed by atoms with Gasteiger partial charge < -0.3 is 0 Å². The Hall–Kier alpha value is -1.78. The number of hydrogen-bond acceptors (Lipinski definition) is 2. The molecular formula is C14H15F2N3. The van der Waals surface area contributed by atoms with E-state index in [4.69, 9.17) is 0 Å². The molecule has 1 heterocycles. The third-order valence-electron chi connectivity index (χ3n) is 3.62. The maximum Gasteiger partial charge on any atom is 0.181 e. The molecule has 1 fully saturated rings. The van der Waals surface area contributed by atoms with Crippen molar-refractivity contribution in [2.24, 2.45) is 0 Å². The summed E-state index contributed by atoms with van der Waals surface area (Å²) in [5.41, 5.74) is 0.371. The normalized spacial score (nSPS) is 16.7. The van der Waals surface area contributed by atoms with Crippen LogP contribution in [0.1, 0.15) is 43.8 Å². The van der Waals surface area contributed by atoms with Crippen LogP contribution in [0.15, 0.2) is 18.2 Å². The predicted octanol–water partition coefficient (Wildman–Crippen LogP) is 3.80. The van der Waals surface area contributed by atoms with Gasteiger partial charge in [-0.3, -0.25) is 5.10 Å². The maximum atomic E-state index is 13.2. The van der Waals surface area contributed by atoms with Gasteiger partial charge in [0, 0.05) is 17.5 Å². The first-order valence-corrected chi connectivity index (χ1v) is 6.61. The molecule has 1 N–H and O–H groups in total. The molecule has 0 saturated heterocycles. The summed E-state index contributed by atoms with van der Waals surface area (Å²) in [6.07, 6.45) is 5.88. The lowest BCUT2D eigenvalue weighted by atomic mass is 9.89. The van der Waals surface area contributed by atoms with Crippen LogP contribution in [0.4, 0.5) is 8.78 Å². The van der Waals surface area contributed by atoms with Gasteiger partial charge in [0.25, 0.3) is 0 Å². The fraction of sp³-hybridized carbons (Fsp3) is 0.429. The Bertz CT molecular complexity index is 554. The van der Waals surface area contributed by atoms with Crippen LogP contribution in [0.2, 0.25) is 0 Å². The van der Waals surface area contributed by atoms with Crippen LogP contribution in [0.5, 0.6) is 0 Å². The molecule has 0 bridgehead atoms. The Kier molecular flexibility index (Phi) is 3.27. The molecule has 1 aromatic carbocycles.